The average Bonchev–Trinajstić information content (AvgIpc) is 2.81. The molecule has 1 saturated heterocycles. The molecule has 1 aliphatic heterocycles. The van der Waals surface area contributed by atoms with Crippen LogP contribution < -0.4 is 11.1 Å². The topological polar surface area (TPSA) is 94.3 Å². The van der Waals surface area contributed by atoms with Gasteiger partial charge in [-0.1, -0.05) is 6.92 Å². The molecule has 0 spiro atoms. The summed E-state index contributed by atoms with van der Waals surface area (Å²) in [7, 11) is -3.37. The van der Waals surface area contributed by atoms with Crippen LogP contribution in [0.4, 0.5) is 10.8 Å². The highest BCUT2D eigenvalue weighted by molar-refractivity contribution is 7.91. The fraction of sp³-hybridized carbons (Fsp3) is 0.769. The highest BCUT2D eigenvalue weighted by Crippen LogP contribution is 2.34. The Hall–Kier alpha value is -0.860. The normalized spacial score (nSPS) is 18.6. The Morgan fingerprint density at radius 1 is 1.48 bits per heavy atom. The number of aromatic nitrogens is 1. The predicted octanol–water partition coefficient (Wildman–Crippen LogP) is 2.14. The van der Waals surface area contributed by atoms with Crippen molar-refractivity contribution in [3.8, 4) is 0 Å². The van der Waals surface area contributed by atoms with Gasteiger partial charge in [0.25, 0.3) is 0 Å². The quantitative estimate of drug-likeness (QED) is 0.828. The third-order valence-electron chi connectivity index (χ3n) is 3.79. The first-order valence-electron chi connectivity index (χ1n) is 7.28. The molecule has 3 N–H and O–H groups in total. The van der Waals surface area contributed by atoms with Crippen molar-refractivity contribution in [3.63, 3.8) is 0 Å². The molecule has 6 nitrogen and oxygen atoms in total. The second-order valence-corrected chi connectivity index (χ2v) is 8.25. The molecule has 0 radical (unpaired) electrons. The number of hydrogen-bond acceptors (Lipinski definition) is 7. The highest BCUT2D eigenvalue weighted by atomic mass is 32.2. The van der Waals surface area contributed by atoms with Crippen LogP contribution in [0.2, 0.25) is 0 Å². The van der Waals surface area contributed by atoms with Crippen LogP contribution in [-0.2, 0) is 14.6 Å². The summed E-state index contributed by atoms with van der Waals surface area (Å²) in [5, 5.41) is 3.88. The molecule has 1 atom stereocenters. The molecule has 0 saturated carbocycles. The lowest BCUT2D eigenvalue weighted by atomic mass is 9.93. The SMILES string of the molecule is CCCS(=O)(=O)c1c(N)nsc1NC(C)C1CCOCC1. The molecule has 1 aromatic heterocycles. The zero-order valence-corrected chi connectivity index (χ0v) is 14.1. The standard InChI is InChI=1S/C13H23N3O3S2/c1-3-8-21(17,18)11-12(14)16-20-13(11)15-9(2)10-4-6-19-7-5-10/h9-10,15H,3-8H2,1-2H3,(H2,14,16). The largest absolute Gasteiger partial charge is 0.382 e. The van der Waals surface area contributed by atoms with Crippen LogP contribution in [0, 0.1) is 5.92 Å². The molecule has 0 bridgehead atoms. The van der Waals surface area contributed by atoms with E-state index in [4.69, 9.17) is 10.5 Å². The van der Waals surface area contributed by atoms with E-state index in [-0.39, 0.29) is 22.5 Å². The van der Waals surface area contributed by atoms with Gasteiger partial charge in [0.1, 0.15) is 9.90 Å². The maximum absolute atomic E-state index is 12.3. The first kappa shape index (κ1) is 16.5. The van der Waals surface area contributed by atoms with E-state index in [0.29, 0.717) is 17.3 Å². The van der Waals surface area contributed by atoms with Gasteiger partial charge in [0.05, 0.1) is 5.75 Å². The van der Waals surface area contributed by atoms with Crippen molar-refractivity contribution in [2.45, 2.75) is 44.0 Å². The van der Waals surface area contributed by atoms with Crippen LogP contribution in [0.3, 0.4) is 0 Å². The van der Waals surface area contributed by atoms with Crippen molar-refractivity contribution in [2.24, 2.45) is 5.92 Å². The van der Waals surface area contributed by atoms with Crippen molar-refractivity contribution in [1.82, 2.24) is 4.37 Å². The summed E-state index contributed by atoms with van der Waals surface area (Å²) in [6.45, 7) is 5.44. The van der Waals surface area contributed by atoms with Crippen molar-refractivity contribution in [1.29, 1.82) is 0 Å². The summed E-state index contributed by atoms with van der Waals surface area (Å²) in [5.41, 5.74) is 5.77. The van der Waals surface area contributed by atoms with Gasteiger partial charge >= 0.3 is 0 Å². The Morgan fingerprint density at radius 2 is 2.14 bits per heavy atom. The molecule has 120 valence electrons. The van der Waals surface area contributed by atoms with Crippen LogP contribution in [-0.4, -0.2) is 37.8 Å². The van der Waals surface area contributed by atoms with E-state index in [1.54, 1.807) is 0 Å². The summed E-state index contributed by atoms with van der Waals surface area (Å²) < 4.78 is 34.0. The Balaban J connectivity index is 2.17. The lowest BCUT2D eigenvalue weighted by Gasteiger charge is -2.28. The first-order chi connectivity index (χ1) is 9.95. The van der Waals surface area contributed by atoms with E-state index >= 15 is 0 Å². The molecule has 8 heteroatoms. The van der Waals surface area contributed by atoms with Crippen molar-refractivity contribution in [2.75, 3.05) is 30.0 Å². The van der Waals surface area contributed by atoms with E-state index in [1.165, 1.54) is 0 Å². The molecule has 0 amide bonds. The van der Waals surface area contributed by atoms with Gasteiger partial charge in [-0.2, -0.15) is 4.37 Å². The Labute approximate surface area is 130 Å². The number of nitrogens with two attached hydrogens (primary N) is 1. The summed E-state index contributed by atoms with van der Waals surface area (Å²) in [6, 6.07) is 0.171. The minimum Gasteiger partial charge on any atom is -0.382 e. The molecular weight excluding hydrogens is 310 g/mol. The van der Waals surface area contributed by atoms with Gasteiger partial charge in [0, 0.05) is 19.3 Å². The van der Waals surface area contributed by atoms with Crippen molar-refractivity contribution >= 4 is 32.2 Å². The van der Waals surface area contributed by atoms with Crippen molar-refractivity contribution in [3.05, 3.63) is 0 Å². The van der Waals surface area contributed by atoms with Crippen LogP contribution >= 0.6 is 11.5 Å². The summed E-state index contributed by atoms with van der Waals surface area (Å²) in [5.74, 6) is 0.676. The first-order valence-corrected chi connectivity index (χ1v) is 9.70. The average molecular weight is 333 g/mol. The van der Waals surface area contributed by atoms with Crippen LogP contribution in [0.5, 0.6) is 0 Å². The predicted molar refractivity (Wildman–Crippen MR) is 85.5 cm³/mol. The van der Waals surface area contributed by atoms with Crippen LogP contribution in [0.1, 0.15) is 33.1 Å². The van der Waals surface area contributed by atoms with Crippen LogP contribution in [0.15, 0.2) is 4.90 Å². The number of hydrogen-bond donors (Lipinski definition) is 2. The minimum atomic E-state index is -3.37. The maximum Gasteiger partial charge on any atom is 0.185 e. The maximum atomic E-state index is 12.3. The van der Waals surface area contributed by atoms with Gasteiger partial charge in [0.2, 0.25) is 0 Å². The van der Waals surface area contributed by atoms with Gasteiger partial charge < -0.3 is 15.8 Å². The summed E-state index contributed by atoms with van der Waals surface area (Å²) in [4.78, 5) is 0.174. The molecule has 1 aromatic rings. The van der Waals surface area contributed by atoms with E-state index in [0.717, 1.165) is 37.6 Å². The molecule has 1 unspecified atom stereocenters. The number of sulfone groups is 1. The zero-order chi connectivity index (χ0) is 15.5. The summed E-state index contributed by atoms with van der Waals surface area (Å²) >= 11 is 1.12. The Bertz CT molecular complexity index is 565. The monoisotopic (exact) mass is 333 g/mol. The van der Waals surface area contributed by atoms with E-state index in [1.807, 2.05) is 6.92 Å². The Morgan fingerprint density at radius 3 is 2.76 bits per heavy atom. The molecule has 0 aromatic carbocycles. The zero-order valence-electron chi connectivity index (χ0n) is 12.5. The fourth-order valence-corrected chi connectivity index (χ4v) is 5.30. The number of nitrogen functional groups attached to an aromatic ring is 1. The van der Waals surface area contributed by atoms with E-state index < -0.39 is 9.84 Å². The molecular formula is C13H23N3O3S2. The second-order valence-electron chi connectivity index (χ2n) is 5.43. The van der Waals surface area contributed by atoms with Gasteiger partial charge in [-0.05, 0) is 43.6 Å². The minimum absolute atomic E-state index is 0.0932. The fourth-order valence-electron chi connectivity index (χ4n) is 2.60. The van der Waals surface area contributed by atoms with Gasteiger partial charge in [0.15, 0.2) is 15.7 Å². The number of nitrogens with one attached hydrogen (secondary N) is 1. The van der Waals surface area contributed by atoms with Gasteiger partial charge in [-0.15, -0.1) is 0 Å². The summed E-state index contributed by atoms with van der Waals surface area (Å²) in [6.07, 6.45) is 2.53. The highest BCUT2D eigenvalue weighted by Gasteiger charge is 2.27. The van der Waals surface area contributed by atoms with E-state index in [2.05, 4.69) is 16.6 Å². The lowest BCUT2D eigenvalue weighted by molar-refractivity contribution is 0.0622. The molecule has 2 heterocycles. The number of nitrogens with zero attached hydrogens (tertiary/aromatic N) is 1. The molecule has 0 aliphatic carbocycles. The van der Waals surface area contributed by atoms with E-state index in [9.17, 15) is 8.42 Å². The van der Waals surface area contributed by atoms with Gasteiger partial charge in [-0.3, -0.25) is 0 Å². The second kappa shape index (κ2) is 6.93. The molecule has 1 fully saturated rings. The van der Waals surface area contributed by atoms with Crippen LogP contribution in [0.25, 0.3) is 0 Å². The smallest absolute Gasteiger partial charge is 0.185 e. The lowest BCUT2D eigenvalue weighted by Crippen LogP contribution is -2.31. The number of rotatable bonds is 6. The molecule has 21 heavy (non-hydrogen) atoms. The molecule has 2 rings (SSSR count). The third-order valence-corrected chi connectivity index (χ3v) is 6.69. The molecule has 1 aliphatic rings. The van der Waals surface area contributed by atoms with Gasteiger partial charge in [-0.25, -0.2) is 8.42 Å². The number of ether oxygens (including phenoxy) is 1. The Kier molecular flexibility index (Phi) is 5.45. The number of anilines is 2. The van der Waals surface area contributed by atoms with Crippen molar-refractivity contribution < 1.29 is 13.2 Å². The third kappa shape index (κ3) is 3.87.